The number of hydrogen-bond acceptors (Lipinski definition) is 2. The number of carbonyl (C=O) groups excluding carboxylic acids is 1. The van der Waals surface area contributed by atoms with Crippen LogP contribution in [0.3, 0.4) is 0 Å². The third-order valence-corrected chi connectivity index (χ3v) is 5.30. The minimum atomic E-state index is 0.202. The van der Waals surface area contributed by atoms with E-state index in [1.54, 1.807) is 0 Å². The van der Waals surface area contributed by atoms with Gasteiger partial charge in [-0.2, -0.15) is 0 Å². The lowest BCUT2D eigenvalue weighted by Gasteiger charge is -2.17. The van der Waals surface area contributed by atoms with Gasteiger partial charge in [-0.1, -0.05) is 28.1 Å². The van der Waals surface area contributed by atoms with E-state index in [9.17, 15) is 4.79 Å². The number of nitrogens with zero attached hydrogens (tertiary/aromatic N) is 1. The Morgan fingerprint density at radius 1 is 1.28 bits per heavy atom. The molecule has 0 bridgehead atoms. The highest BCUT2D eigenvalue weighted by Gasteiger charge is 2.21. The van der Waals surface area contributed by atoms with Gasteiger partial charge in [0.25, 0.3) is 0 Å². The molecule has 2 aromatic rings. The van der Waals surface area contributed by atoms with E-state index in [2.05, 4.69) is 26.6 Å². The Hall–Kier alpha value is -1.92. The van der Waals surface area contributed by atoms with Gasteiger partial charge in [0.2, 0.25) is 5.91 Å². The van der Waals surface area contributed by atoms with Crippen molar-refractivity contribution < 1.29 is 4.79 Å². The molecular formula is C19H20BrN3OS. The van der Waals surface area contributed by atoms with E-state index in [1.807, 2.05) is 54.3 Å². The lowest BCUT2D eigenvalue weighted by Crippen LogP contribution is -2.28. The molecule has 1 heterocycles. The molecule has 2 N–H and O–H groups in total. The molecule has 0 spiro atoms. The van der Waals surface area contributed by atoms with Crippen molar-refractivity contribution in [2.24, 2.45) is 0 Å². The first kappa shape index (κ1) is 17.9. The Bertz CT molecular complexity index is 809. The number of hydrogen-bond donors (Lipinski definition) is 2. The number of amides is 1. The Labute approximate surface area is 161 Å². The molecule has 1 aliphatic rings. The normalized spacial score (nSPS) is 13.8. The first-order valence-corrected chi connectivity index (χ1v) is 9.43. The van der Waals surface area contributed by atoms with Crippen LogP contribution in [-0.4, -0.2) is 17.6 Å². The molecule has 1 aliphatic heterocycles. The van der Waals surface area contributed by atoms with Gasteiger partial charge in [-0.25, -0.2) is 0 Å². The molecule has 1 saturated heterocycles. The summed E-state index contributed by atoms with van der Waals surface area (Å²) in [5, 5.41) is 6.98. The summed E-state index contributed by atoms with van der Waals surface area (Å²) in [6.45, 7) is 3.45. The lowest BCUT2D eigenvalue weighted by atomic mass is 10.2. The standard InChI is InChI=1S/C19H20BrN3OS/c1-13-10-15(7-8-17(13)20)22-19(25)21-12-14-4-2-5-16(11-14)23-9-3-6-18(23)24/h2,4-5,7-8,10-11H,3,6,9,12H2,1H3,(H2,21,22,25). The van der Waals surface area contributed by atoms with Crippen molar-refractivity contribution in [1.82, 2.24) is 5.32 Å². The van der Waals surface area contributed by atoms with Gasteiger partial charge in [0.05, 0.1) is 0 Å². The Morgan fingerprint density at radius 2 is 2.12 bits per heavy atom. The summed E-state index contributed by atoms with van der Waals surface area (Å²) in [4.78, 5) is 13.7. The van der Waals surface area contributed by atoms with Gasteiger partial charge in [0, 0.05) is 35.4 Å². The van der Waals surface area contributed by atoms with Gasteiger partial charge >= 0.3 is 0 Å². The molecule has 0 saturated carbocycles. The molecule has 25 heavy (non-hydrogen) atoms. The number of halogens is 1. The second-order valence-corrected chi connectivity index (χ2v) is 7.35. The van der Waals surface area contributed by atoms with E-state index in [1.165, 1.54) is 0 Å². The average Bonchev–Trinajstić information content (AvgIpc) is 3.03. The first-order valence-electron chi connectivity index (χ1n) is 8.23. The highest BCUT2D eigenvalue weighted by atomic mass is 79.9. The summed E-state index contributed by atoms with van der Waals surface area (Å²) in [6.07, 6.45) is 1.57. The third-order valence-electron chi connectivity index (χ3n) is 4.16. The lowest BCUT2D eigenvalue weighted by molar-refractivity contribution is -0.117. The van der Waals surface area contributed by atoms with Crippen LogP contribution < -0.4 is 15.5 Å². The van der Waals surface area contributed by atoms with Crippen LogP contribution in [0.1, 0.15) is 24.0 Å². The van der Waals surface area contributed by atoms with E-state index in [-0.39, 0.29) is 5.91 Å². The zero-order valence-electron chi connectivity index (χ0n) is 14.0. The van der Waals surface area contributed by atoms with Gasteiger partial charge in [0.1, 0.15) is 0 Å². The van der Waals surface area contributed by atoms with Crippen molar-refractivity contribution in [2.75, 3.05) is 16.8 Å². The van der Waals surface area contributed by atoms with Gasteiger partial charge in [-0.3, -0.25) is 4.79 Å². The maximum absolute atomic E-state index is 11.9. The van der Waals surface area contributed by atoms with Gasteiger partial charge in [-0.15, -0.1) is 0 Å². The minimum Gasteiger partial charge on any atom is -0.358 e. The monoisotopic (exact) mass is 417 g/mol. The number of carbonyl (C=O) groups is 1. The summed E-state index contributed by atoms with van der Waals surface area (Å²) in [6, 6.07) is 14.0. The molecule has 0 radical (unpaired) electrons. The van der Waals surface area contributed by atoms with Crippen LogP contribution in [0.4, 0.5) is 11.4 Å². The fraction of sp³-hybridized carbons (Fsp3) is 0.263. The van der Waals surface area contributed by atoms with Crippen molar-refractivity contribution in [1.29, 1.82) is 0 Å². The summed E-state index contributed by atoms with van der Waals surface area (Å²) in [5.74, 6) is 0.202. The number of nitrogens with one attached hydrogen (secondary N) is 2. The Kier molecular flexibility index (Phi) is 5.71. The zero-order chi connectivity index (χ0) is 17.8. The zero-order valence-corrected chi connectivity index (χ0v) is 16.4. The molecule has 130 valence electrons. The van der Waals surface area contributed by atoms with E-state index < -0.39 is 0 Å². The van der Waals surface area contributed by atoms with Crippen molar-refractivity contribution in [3.63, 3.8) is 0 Å². The molecule has 4 nitrogen and oxygen atoms in total. The maximum atomic E-state index is 11.9. The van der Waals surface area contributed by atoms with Crippen molar-refractivity contribution >= 4 is 50.5 Å². The molecular weight excluding hydrogens is 398 g/mol. The van der Waals surface area contributed by atoms with Gasteiger partial charge < -0.3 is 15.5 Å². The minimum absolute atomic E-state index is 0.202. The fourth-order valence-electron chi connectivity index (χ4n) is 2.84. The Morgan fingerprint density at radius 3 is 2.84 bits per heavy atom. The molecule has 0 atom stereocenters. The van der Waals surface area contributed by atoms with E-state index in [0.29, 0.717) is 18.1 Å². The molecule has 0 aliphatic carbocycles. The molecule has 3 rings (SSSR count). The van der Waals surface area contributed by atoms with Crippen LogP contribution in [0.25, 0.3) is 0 Å². The molecule has 6 heteroatoms. The average molecular weight is 418 g/mol. The van der Waals surface area contributed by atoms with Crippen LogP contribution >= 0.6 is 28.1 Å². The van der Waals surface area contributed by atoms with E-state index in [0.717, 1.165) is 39.9 Å². The van der Waals surface area contributed by atoms with Crippen molar-refractivity contribution in [3.05, 3.63) is 58.1 Å². The summed E-state index contributed by atoms with van der Waals surface area (Å²) >= 11 is 8.86. The first-order chi connectivity index (χ1) is 12.0. The van der Waals surface area contributed by atoms with E-state index in [4.69, 9.17) is 12.2 Å². The van der Waals surface area contributed by atoms with Crippen LogP contribution in [0, 0.1) is 6.92 Å². The molecule has 1 amide bonds. The highest BCUT2D eigenvalue weighted by molar-refractivity contribution is 9.10. The molecule has 0 unspecified atom stereocenters. The van der Waals surface area contributed by atoms with E-state index >= 15 is 0 Å². The summed E-state index contributed by atoms with van der Waals surface area (Å²) in [7, 11) is 0. The van der Waals surface area contributed by atoms with Crippen molar-refractivity contribution in [3.8, 4) is 0 Å². The summed E-state index contributed by atoms with van der Waals surface area (Å²) in [5.41, 5.74) is 4.16. The second kappa shape index (κ2) is 7.97. The molecule has 0 aromatic heterocycles. The fourth-order valence-corrected chi connectivity index (χ4v) is 3.27. The Balaban J connectivity index is 1.58. The number of thiocarbonyl (C=S) groups is 1. The van der Waals surface area contributed by atoms with Crippen LogP contribution in [0.15, 0.2) is 46.9 Å². The maximum Gasteiger partial charge on any atom is 0.227 e. The van der Waals surface area contributed by atoms with Crippen LogP contribution in [0.2, 0.25) is 0 Å². The molecule has 1 fully saturated rings. The predicted molar refractivity (Wildman–Crippen MR) is 110 cm³/mol. The number of anilines is 2. The number of aryl methyl sites for hydroxylation is 1. The van der Waals surface area contributed by atoms with Gasteiger partial charge in [0.15, 0.2) is 5.11 Å². The number of benzene rings is 2. The highest BCUT2D eigenvalue weighted by Crippen LogP contribution is 2.22. The SMILES string of the molecule is Cc1cc(NC(=S)NCc2cccc(N3CCCC3=O)c2)ccc1Br. The third kappa shape index (κ3) is 4.58. The predicted octanol–water partition coefficient (Wildman–Crippen LogP) is 4.37. The topological polar surface area (TPSA) is 44.4 Å². The second-order valence-electron chi connectivity index (χ2n) is 6.09. The molecule has 2 aromatic carbocycles. The van der Waals surface area contributed by atoms with Gasteiger partial charge in [-0.05, 0) is 67.0 Å². The largest absolute Gasteiger partial charge is 0.358 e. The van der Waals surface area contributed by atoms with Crippen LogP contribution in [0.5, 0.6) is 0 Å². The van der Waals surface area contributed by atoms with Crippen LogP contribution in [-0.2, 0) is 11.3 Å². The smallest absolute Gasteiger partial charge is 0.227 e. The van der Waals surface area contributed by atoms with Crippen molar-refractivity contribution in [2.45, 2.75) is 26.3 Å². The summed E-state index contributed by atoms with van der Waals surface area (Å²) < 4.78 is 1.07. The quantitative estimate of drug-likeness (QED) is 0.724. The number of rotatable bonds is 4.